The van der Waals surface area contributed by atoms with Gasteiger partial charge in [-0.2, -0.15) is 0 Å². The monoisotopic (exact) mass is 373 g/mol. The molecule has 2 N–H and O–H groups in total. The van der Waals surface area contributed by atoms with Crippen LogP contribution in [0.5, 0.6) is 0 Å². The third kappa shape index (κ3) is 5.53. The number of piperidine rings is 1. The van der Waals surface area contributed by atoms with Crippen LogP contribution in [-0.4, -0.2) is 65.0 Å². The number of carboxylic acid groups (broad SMARTS) is 1. The summed E-state index contributed by atoms with van der Waals surface area (Å²) in [5.41, 5.74) is 1.32. The predicted octanol–water partition coefficient (Wildman–Crippen LogP) is 1.95. The number of hydrogen-bond donors (Lipinski definition) is 2. The van der Waals surface area contributed by atoms with E-state index in [1.165, 1.54) is 5.56 Å². The zero-order chi connectivity index (χ0) is 19.2. The van der Waals surface area contributed by atoms with E-state index in [4.69, 9.17) is 5.11 Å². The number of nitrogens with one attached hydrogen (secondary N) is 1. The Morgan fingerprint density at radius 2 is 1.85 bits per heavy atom. The molecule has 1 aliphatic carbocycles. The van der Waals surface area contributed by atoms with E-state index < -0.39 is 5.97 Å². The molecule has 27 heavy (non-hydrogen) atoms. The predicted molar refractivity (Wildman–Crippen MR) is 104 cm³/mol. The lowest BCUT2D eigenvalue weighted by molar-refractivity contribution is -0.140. The quantitative estimate of drug-likeness (QED) is 0.729. The molecule has 0 bridgehead atoms. The number of likely N-dealkylation sites (N-methyl/N-ethyl adjacent to an activating group) is 1. The number of carbonyl (C=O) groups excluding carboxylic acids is 1. The summed E-state index contributed by atoms with van der Waals surface area (Å²) in [6, 6.07) is 10.9. The molecule has 1 aromatic rings. The highest BCUT2D eigenvalue weighted by atomic mass is 16.4. The average Bonchev–Trinajstić information content (AvgIpc) is 2.64. The van der Waals surface area contributed by atoms with Crippen molar-refractivity contribution in [3.05, 3.63) is 35.9 Å². The minimum absolute atomic E-state index is 0.0850. The standard InChI is InChI=1S/C21H31N3O3/c1-2-24(15-20(25)26)19-12-18(13-19)22-21(27)17-8-10-23(11-9-17)14-16-6-4-3-5-7-16/h3-7,17-19H,2,8-15H2,1H3,(H,22,27)(H,25,26). The summed E-state index contributed by atoms with van der Waals surface area (Å²) in [5, 5.41) is 12.1. The minimum Gasteiger partial charge on any atom is -0.480 e. The summed E-state index contributed by atoms with van der Waals surface area (Å²) >= 11 is 0. The number of amides is 1. The van der Waals surface area contributed by atoms with E-state index in [9.17, 15) is 9.59 Å². The molecule has 1 saturated carbocycles. The van der Waals surface area contributed by atoms with Gasteiger partial charge in [-0.25, -0.2) is 0 Å². The van der Waals surface area contributed by atoms with Gasteiger partial charge in [0.2, 0.25) is 5.91 Å². The molecule has 1 amide bonds. The molecular weight excluding hydrogens is 342 g/mol. The third-order valence-corrected chi connectivity index (χ3v) is 5.93. The SMILES string of the molecule is CCN(CC(=O)O)C1CC(NC(=O)C2CCN(Cc3ccccc3)CC2)C1. The lowest BCUT2D eigenvalue weighted by Gasteiger charge is -2.43. The zero-order valence-corrected chi connectivity index (χ0v) is 16.1. The van der Waals surface area contributed by atoms with E-state index in [-0.39, 0.29) is 30.5 Å². The largest absolute Gasteiger partial charge is 0.480 e. The van der Waals surface area contributed by atoms with Crippen molar-refractivity contribution in [2.24, 2.45) is 5.92 Å². The first-order chi connectivity index (χ1) is 13.0. The highest BCUT2D eigenvalue weighted by molar-refractivity contribution is 5.79. The average molecular weight is 373 g/mol. The second-order valence-corrected chi connectivity index (χ2v) is 7.82. The molecule has 6 heteroatoms. The van der Waals surface area contributed by atoms with Gasteiger partial charge >= 0.3 is 5.97 Å². The Kier molecular flexibility index (Phi) is 6.85. The van der Waals surface area contributed by atoms with Gasteiger partial charge in [0.25, 0.3) is 0 Å². The van der Waals surface area contributed by atoms with E-state index in [0.29, 0.717) is 0 Å². The number of likely N-dealkylation sites (tertiary alicyclic amines) is 1. The summed E-state index contributed by atoms with van der Waals surface area (Å²) in [4.78, 5) is 27.9. The van der Waals surface area contributed by atoms with Crippen LogP contribution < -0.4 is 5.32 Å². The van der Waals surface area contributed by atoms with Crippen molar-refractivity contribution in [2.45, 2.75) is 51.2 Å². The molecule has 2 aliphatic rings. The summed E-state index contributed by atoms with van der Waals surface area (Å²) in [6.45, 7) is 5.68. The molecule has 3 rings (SSSR count). The fraction of sp³-hybridized carbons (Fsp3) is 0.619. The van der Waals surface area contributed by atoms with Crippen molar-refractivity contribution >= 4 is 11.9 Å². The second-order valence-electron chi connectivity index (χ2n) is 7.82. The Morgan fingerprint density at radius 1 is 1.19 bits per heavy atom. The Bertz CT molecular complexity index is 623. The van der Waals surface area contributed by atoms with E-state index in [1.807, 2.05) is 17.9 Å². The first-order valence-corrected chi connectivity index (χ1v) is 10.1. The van der Waals surface area contributed by atoms with Crippen LogP contribution in [0.15, 0.2) is 30.3 Å². The molecular formula is C21H31N3O3. The number of hydrogen-bond acceptors (Lipinski definition) is 4. The van der Waals surface area contributed by atoms with Gasteiger partial charge < -0.3 is 10.4 Å². The number of nitrogens with zero attached hydrogens (tertiary/aromatic N) is 2. The van der Waals surface area contributed by atoms with Gasteiger partial charge in [-0.05, 0) is 50.9 Å². The second kappa shape index (κ2) is 9.33. The molecule has 2 fully saturated rings. The normalized spacial score (nSPS) is 23.8. The minimum atomic E-state index is -0.786. The molecule has 0 radical (unpaired) electrons. The number of rotatable bonds is 8. The highest BCUT2D eigenvalue weighted by Gasteiger charge is 2.36. The van der Waals surface area contributed by atoms with Crippen LogP contribution in [0.1, 0.15) is 38.2 Å². The molecule has 0 atom stereocenters. The molecule has 1 aliphatic heterocycles. The Hall–Kier alpha value is -1.92. The summed E-state index contributed by atoms with van der Waals surface area (Å²) in [6.07, 6.45) is 3.54. The third-order valence-electron chi connectivity index (χ3n) is 5.93. The van der Waals surface area contributed by atoms with Crippen LogP contribution in [-0.2, 0) is 16.1 Å². The van der Waals surface area contributed by atoms with Gasteiger partial charge in [0, 0.05) is 24.5 Å². The van der Waals surface area contributed by atoms with Gasteiger partial charge in [-0.3, -0.25) is 19.4 Å². The Balaban J connectivity index is 1.36. The zero-order valence-electron chi connectivity index (χ0n) is 16.1. The van der Waals surface area contributed by atoms with Crippen molar-refractivity contribution in [3.63, 3.8) is 0 Å². The summed E-state index contributed by atoms with van der Waals surface area (Å²) in [7, 11) is 0. The molecule has 1 aromatic carbocycles. The van der Waals surface area contributed by atoms with Gasteiger partial charge in [0.15, 0.2) is 0 Å². The Morgan fingerprint density at radius 3 is 2.44 bits per heavy atom. The van der Waals surface area contributed by atoms with Crippen molar-refractivity contribution in [1.29, 1.82) is 0 Å². The van der Waals surface area contributed by atoms with Crippen LogP contribution in [0.25, 0.3) is 0 Å². The Labute approximate surface area is 161 Å². The fourth-order valence-corrected chi connectivity index (χ4v) is 4.19. The van der Waals surface area contributed by atoms with Crippen LogP contribution >= 0.6 is 0 Å². The van der Waals surface area contributed by atoms with Gasteiger partial charge in [-0.1, -0.05) is 37.3 Å². The first-order valence-electron chi connectivity index (χ1n) is 10.1. The lowest BCUT2D eigenvalue weighted by Crippen LogP contribution is -2.56. The number of carboxylic acids is 1. The number of aliphatic carboxylic acids is 1. The maximum Gasteiger partial charge on any atom is 0.317 e. The van der Waals surface area contributed by atoms with Crippen molar-refractivity contribution in [1.82, 2.24) is 15.1 Å². The smallest absolute Gasteiger partial charge is 0.317 e. The van der Waals surface area contributed by atoms with E-state index in [1.54, 1.807) is 0 Å². The number of carbonyl (C=O) groups is 2. The summed E-state index contributed by atoms with van der Waals surface area (Å²) in [5.74, 6) is -0.497. The van der Waals surface area contributed by atoms with E-state index in [0.717, 1.165) is 51.9 Å². The molecule has 6 nitrogen and oxygen atoms in total. The van der Waals surface area contributed by atoms with Crippen molar-refractivity contribution in [2.75, 3.05) is 26.2 Å². The van der Waals surface area contributed by atoms with E-state index >= 15 is 0 Å². The molecule has 0 unspecified atom stereocenters. The first kappa shape index (κ1) is 19.8. The fourth-order valence-electron chi connectivity index (χ4n) is 4.19. The summed E-state index contributed by atoms with van der Waals surface area (Å²) < 4.78 is 0. The van der Waals surface area contributed by atoms with Crippen LogP contribution in [0, 0.1) is 5.92 Å². The van der Waals surface area contributed by atoms with Gasteiger partial charge in [-0.15, -0.1) is 0 Å². The van der Waals surface area contributed by atoms with E-state index in [2.05, 4.69) is 34.5 Å². The maximum atomic E-state index is 12.6. The molecule has 0 aromatic heterocycles. The topological polar surface area (TPSA) is 72.9 Å². The lowest BCUT2D eigenvalue weighted by atomic mass is 9.84. The van der Waals surface area contributed by atoms with Crippen molar-refractivity contribution in [3.8, 4) is 0 Å². The number of benzene rings is 1. The van der Waals surface area contributed by atoms with Crippen LogP contribution in [0.3, 0.4) is 0 Å². The van der Waals surface area contributed by atoms with Gasteiger partial charge in [0.1, 0.15) is 0 Å². The van der Waals surface area contributed by atoms with Crippen LogP contribution in [0.4, 0.5) is 0 Å². The highest BCUT2D eigenvalue weighted by Crippen LogP contribution is 2.27. The molecule has 1 heterocycles. The van der Waals surface area contributed by atoms with Gasteiger partial charge in [0.05, 0.1) is 6.54 Å². The maximum absolute atomic E-state index is 12.6. The molecule has 1 saturated heterocycles. The van der Waals surface area contributed by atoms with Crippen molar-refractivity contribution < 1.29 is 14.7 Å². The molecule has 0 spiro atoms. The van der Waals surface area contributed by atoms with Crippen LogP contribution in [0.2, 0.25) is 0 Å². The molecule has 148 valence electrons.